The molecule has 1 aromatic rings. The molecule has 0 bridgehead atoms. The Hall–Kier alpha value is 0.337. The van der Waals surface area contributed by atoms with Crippen molar-refractivity contribution >= 4 is 19.4 Å². The fraction of sp³-hybridized carbons (Fsp3) is 0.222. The minimum atomic E-state index is 0. The molecule has 2 heteroatoms. The zero-order valence-corrected chi connectivity index (χ0v) is 8.42. The van der Waals surface area contributed by atoms with Crippen molar-refractivity contribution in [2.24, 2.45) is 0 Å². The van der Waals surface area contributed by atoms with Gasteiger partial charge in [-0.25, -0.2) is 0 Å². The molecule has 11 heavy (non-hydrogen) atoms. The Labute approximate surface area is 86.1 Å². The summed E-state index contributed by atoms with van der Waals surface area (Å²) in [6.45, 7) is 0. The molecule has 0 nitrogen and oxygen atoms in total. The third-order valence-electron chi connectivity index (χ3n) is 1.46. The molecule has 1 aromatic carbocycles. The van der Waals surface area contributed by atoms with Gasteiger partial charge in [-0.3, -0.25) is 0 Å². The van der Waals surface area contributed by atoms with Gasteiger partial charge in [0.2, 0.25) is 0 Å². The summed E-state index contributed by atoms with van der Waals surface area (Å²) in [6, 6.07) is 10.8. The Bertz CT molecular complexity index is 206. The Kier molecular flexibility index (Phi) is 3.76. The van der Waals surface area contributed by atoms with E-state index in [2.05, 4.69) is 30.3 Å². The molecule has 0 amide bonds. The van der Waals surface area contributed by atoms with Crippen LogP contribution in [-0.4, -0.2) is 15.0 Å². The van der Waals surface area contributed by atoms with Crippen LogP contribution in [0.3, 0.4) is 0 Å². The van der Waals surface area contributed by atoms with E-state index in [4.69, 9.17) is 0 Å². The van der Waals surface area contributed by atoms with Crippen molar-refractivity contribution in [2.45, 2.75) is 12.8 Å². The van der Waals surface area contributed by atoms with Crippen LogP contribution in [-0.2, 0) is 0 Å². The molecule has 0 heterocycles. The normalized spacial score (nSPS) is 15.6. The molecule has 52 valence electrons. The molecule has 0 unspecified atom stereocenters. The first-order valence-corrected chi connectivity index (χ1v) is 5.24. The van der Waals surface area contributed by atoms with E-state index in [0.29, 0.717) is 15.0 Å². The van der Waals surface area contributed by atoms with Crippen molar-refractivity contribution < 1.29 is 18.9 Å². The van der Waals surface area contributed by atoms with Gasteiger partial charge >= 0.3 is 86.3 Å². The van der Waals surface area contributed by atoms with Crippen molar-refractivity contribution in [3.05, 3.63) is 35.1 Å². The first-order chi connectivity index (χ1) is 4.95. The van der Waals surface area contributed by atoms with Gasteiger partial charge in [-0.1, -0.05) is 0 Å². The number of benzene rings is 1. The summed E-state index contributed by atoms with van der Waals surface area (Å²) >= 11 is 0.696. The van der Waals surface area contributed by atoms with Crippen LogP contribution in [0, 0.1) is 4.82 Å². The number of hydrogen-bond acceptors (Lipinski definition) is 0. The van der Waals surface area contributed by atoms with Gasteiger partial charge in [0.05, 0.1) is 0 Å². The number of rotatable bonds is 2. The molecular weight excluding hydrogens is 194 g/mol. The third-order valence-corrected chi connectivity index (χ3v) is 3.99. The van der Waals surface area contributed by atoms with Crippen LogP contribution >= 0.6 is 0 Å². The second-order valence-corrected chi connectivity index (χ2v) is 5.08. The van der Waals surface area contributed by atoms with Crippen molar-refractivity contribution in [2.75, 3.05) is 0 Å². The van der Waals surface area contributed by atoms with Crippen LogP contribution in [0.15, 0.2) is 30.3 Å². The molecule has 1 aliphatic rings. The van der Waals surface area contributed by atoms with Crippen LogP contribution in [0.25, 0.3) is 0 Å². The van der Waals surface area contributed by atoms with E-state index in [0.717, 1.165) is 0 Å². The maximum atomic E-state index is 2.23. The molecular formula is C9H9LiSe. The van der Waals surface area contributed by atoms with Crippen molar-refractivity contribution in [3.8, 4) is 0 Å². The Morgan fingerprint density at radius 3 is 2.27 bits per heavy atom. The first-order valence-electron chi connectivity index (χ1n) is 3.53. The first kappa shape index (κ1) is 9.43. The Morgan fingerprint density at radius 1 is 1.09 bits per heavy atom. The van der Waals surface area contributed by atoms with Gasteiger partial charge in [-0.15, -0.1) is 0 Å². The molecule has 0 aromatic heterocycles. The standard InChI is InChI=1S/C9H9Se.Li/c1-2-4-8(5-3-1)10-9-6-7-9;/h1-5H,6-7H2;/q-1;+1. The fourth-order valence-corrected chi connectivity index (χ4v) is 2.77. The van der Waals surface area contributed by atoms with E-state index in [1.165, 1.54) is 17.3 Å². The Balaban J connectivity index is 0.000000605. The average molecular weight is 203 g/mol. The van der Waals surface area contributed by atoms with Crippen molar-refractivity contribution in [3.63, 3.8) is 0 Å². The second kappa shape index (κ2) is 4.38. The van der Waals surface area contributed by atoms with Crippen LogP contribution < -0.4 is 23.3 Å². The van der Waals surface area contributed by atoms with Crippen LogP contribution in [0.2, 0.25) is 0 Å². The second-order valence-electron chi connectivity index (χ2n) is 2.45. The molecule has 0 saturated heterocycles. The van der Waals surface area contributed by atoms with Gasteiger partial charge in [-0.05, 0) is 0 Å². The van der Waals surface area contributed by atoms with Crippen LogP contribution in [0.1, 0.15) is 12.8 Å². The van der Waals surface area contributed by atoms with E-state index in [9.17, 15) is 0 Å². The van der Waals surface area contributed by atoms with E-state index >= 15 is 0 Å². The molecule has 0 radical (unpaired) electrons. The molecule has 1 fully saturated rings. The summed E-state index contributed by atoms with van der Waals surface area (Å²) in [6.07, 6.45) is 2.80. The van der Waals surface area contributed by atoms with Crippen LogP contribution in [0.4, 0.5) is 0 Å². The molecule has 0 aliphatic heterocycles. The predicted octanol–water partition coefficient (Wildman–Crippen LogP) is -1.65. The van der Waals surface area contributed by atoms with Crippen LogP contribution in [0.5, 0.6) is 0 Å². The summed E-state index contributed by atoms with van der Waals surface area (Å²) in [5.74, 6) is 0. The SMILES string of the molecule is [Li+].c1ccc([Se][C-]2CC2)cc1. The molecule has 0 spiro atoms. The van der Waals surface area contributed by atoms with Crippen molar-refractivity contribution in [1.82, 2.24) is 0 Å². The molecule has 1 aliphatic carbocycles. The molecule has 0 atom stereocenters. The summed E-state index contributed by atoms with van der Waals surface area (Å²) in [7, 11) is 0. The minimum absolute atomic E-state index is 0. The fourth-order valence-electron chi connectivity index (χ4n) is 0.808. The summed E-state index contributed by atoms with van der Waals surface area (Å²) < 4.78 is 1.53. The van der Waals surface area contributed by atoms with Crippen molar-refractivity contribution in [1.29, 1.82) is 0 Å². The zero-order valence-electron chi connectivity index (χ0n) is 6.71. The number of hydrogen-bond donors (Lipinski definition) is 0. The molecule has 1 saturated carbocycles. The average Bonchev–Trinajstić information content (AvgIpc) is 2.74. The quantitative estimate of drug-likeness (QED) is 0.399. The maximum absolute atomic E-state index is 2.23. The summed E-state index contributed by atoms with van der Waals surface area (Å²) in [4.78, 5) is 1.78. The topological polar surface area (TPSA) is 0 Å². The zero-order chi connectivity index (χ0) is 6.81. The van der Waals surface area contributed by atoms with E-state index < -0.39 is 0 Å². The predicted molar refractivity (Wildman–Crippen MR) is 44.3 cm³/mol. The Morgan fingerprint density at radius 2 is 1.73 bits per heavy atom. The summed E-state index contributed by atoms with van der Waals surface area (Å²) in [5.41, 5.74) is 0. The van der Waals surface area contributed by atoms with Gasteiger partial charge in [0.15, 0.2) is 0 Å². The van der Waals surface area contributed by atoms with Gasteiger partial charge in [0.1, 0.15) is 0 Å². The van der Waals surface area contributed by atoms with Gasteiger partial charge in [0.25, 0.3) is 0 Å². The summed E-state index contributed by atoms with van der Waals surface area (Å²) in [5, 5.41) is 0. The molecule has 2 rings (SSSR count). The molecule has 0 N–H and O–H groups in total. The monoisotopic (exact) mass is 204 g/mol. The van der Waals surface area contributed by atoms with Gasteiger partial charge in [-0.2, -0.15) is 0 Å². The van der Waals surface area contributed by atoms with E-state index in [-0.39, 0.29) is 18.9 Å². The van der Waals surface area contributed by atoms with Gasteiger partial charge < -0.3 is 0 Å². The van der Waals surface area contributed by atoms with Gasteiger partial charge in [0, 0.05) is 0 Å². The third kappa shape index (κ3) is 3.05. The van der Waals surface area contributed by atoms with E-state index in [1.807, 2.05) is 0 Å². The van der Waals surface area contributed by atoms with E-state index in [1.54, 1.807) is 4.82 Å².